The van der Waals surface area contributed by atoms with Crippen LogP contribution in [0.15, 0.2) is 63.9 Å². The number of halogens is 1. The molecule has 0 aliphatic carbocycles. The summed E-state index contributed by atoms with van der Waals surface area (Å²) < 4.78 is 12.5. The molecule has 8 heteroatoms. The molecule has 6 nitrogen and oxygen atoms in total. The first-order valence-corrected chi connectivity index (χ1v) is 10.2. The van der Waals surface area contributed by atoms with Crippen LogP contribution < -0.4 is 9.64 Å². The average molecular weight is 458 g/mol. The van der Waals surface area contributed by atoms with Crippen molar-refractivity contribution in [2.24, 2.45) is 0 Å². The molecule has 0 saturated carbocycles. The molecule has 0 saturated heterocycles. The summed E-state index contributed by atoms with van der Waals surface area (Å²) in [5.74, 6) is 0.758. The second-order valence-electron chi connectivity index (χ2n) is 5.92. The van der Waals surface area contributed by atoms with Crippen LogP contribution in [-0.4, -0.2) is 22.5 Å². The summed E-state index contributed by atoms with van der Waals surface area (Å²) in [6, 6.07) is 12.8. The van der Waals surface area contributed by atoms with E-state index in [4.69, 9.17) is 9.15 Å². The van der Waals surface area contributed by atoms with Crippen LogP contribution in [0.5, 0.6) is 5.75 Å². The monoisotopic (exact) mass is 457 g/mol. The molecule has 1 aromatic carbocycles. The van der Waals surface area contributed by atoms with E-state index in [9.17, 15) is 4.79 Å². The summed E-state index contributed by atoms with van der Waals surface area (Å²) in [4.78, 5) is 23.5. The lowest BCUT2D eigenvalue weighted by Crippen LogP contribution is -2.30. The molecule has 0 aliphatic heterocycles. The number of hydrogen-bond donors (Lipinski definition) is 0. The van der Waals surface area contributed by atoms with Crippen molar-refractivity contribution in [3.63, 3.8) is 0 Å². The van der Waals surface area contributed by atoms with Gasteiger partial charge in [-0.1, -0.05) is 17.4 Å². The minimum Gasteiger partial charge on any atom is -0.494 e. The highest BCUT2D eigenvalue weighted by Crippen LogP contribution is 2.33. The van der Waals surface area contributed by atoms with Crippen LogP contribution in [0.25, 0.3) is 10.2 Å². The smallest absolute Gasteiger partial charge is 0.296 e. The molecule has 0 fully saturated rings. The van der Waals surface area contributed by atoms with Crippen LogP contribution >= 0.6 is 27.3 Å². The van der Waals surface area contributed by atoms with E-state index in [1.807, 2.05) is 37.3 Å². The molecule has 0 unspecified atom stereocenters. The Hall–Kier alpha value is -2.71. The molecule has 3 heterocycles. The van der Waals surface area contributed by atoms with E-state index in [1.54, 1.807) is 29.4 Å². The number of fused-ring (bicyclic) bond motifs is 1. The van der Waals surface area contributed by atoms with E-state index < -0.39 is 0 Å². The lowest BCUT2D eigenvalue weighted by atomic mass is 10.2. The van der Waals surface area contributed by atoms with Gasteiger partial charge >= 0.3 is 0 Å². The molecule has 0 spiro atoms. The number of ether oxygens (including phenoxy) is 1. The van der Waals surface area contributed by atoms with Crippen molar-refractivity contribution in [2.75, 3.05) is 11.5 Å². The zero-order valence-corrected chi connectivity index (χ0v) is 17.4. The molecule has 4 rings (SSSR count). The normalized spacial score (nSPS) is 10.9. The number of anilines is 1. The molecule has 28 heavy (non-hydrogen) atoms. The maximum absolute atomic E-state index is 13.1. The first-order chi connectivity index (χ1) is 13.6. The van der Waals surface area contributed by atoms with Gasteiger partial charge in [0, 0.05) is 12.4 Å². The topological polar surface area (TPSA) is 68.5 Å². The van der Waals surface area contributed by atoms with Crippen LogP contribution in [-0.2, 0) is 6.54 Å². The van der Waals surface area contributed by atoms with Gasteiger partial charge in [-0.15, -0.1) is 0 Å². The van der Waals surface area contributed by atoms with Gasteiger partial charge in [-0.3, -0.25) is 14.7 Å². The summed E-state index contributed by atoms with van der Waals surface area (Å²) in [5, 5.41) is 0.588. The predicted octanol–water partition coefficient (Wildman–Crippen LogP) is 5.29. The largest absolute Gasteiger partial charge is 0.494 e. The van der Waals surface area contributed by atoms with E-state index in [0.717, 1.165) is 21.5 Å². The summed E-state index contributed by atoms with van der Waals surface area (Å²) in [6.07, 6.45) is 3.44. The van der Waals surface area contributed by atoms with E-state index in [-0.39, 0.29) is 11.7 Å². The average Bonchev–Trinajstić information content (AvgIpc) is 3.32. The molecule has 3 aromatic heterocycles. The van der Waals surface area contributed by atoms with Crippen LogP contribution in [0.2, 0.25) is 0 Å². The van der Waals surface area contributed by atoms with Crippen LogP contribution in [0.1, 0.15) is 23.0 Å². The fourth-order valence-electron chi connectivity index (χ4n) is 2.73. The number of aromatic nitrogens is 2. The minimum atomic E-state index is -0.265. The molecule has 0 N–H and O–H groups in total. The zero-order chi connectivity index (χ0) is 19.5. The van der Waals surface area contributed by atoms with Gasteiger partial charge in [-0.05, 0) is 64.8 Å². The van der Waals surface area contributed by atoms with Crippen molar-refractivity contribution >= 4 is 48.5 Å². The Morgan fingerprint density at radius 1 is 1.29 bits per heavy atom. The van der Waals surface area contributed by atoms with Gasteiger partial charge in [0.2, 0.25) is 0 Å². The summed E-state index contributed by atoms with van der Waals surface area (Å²) in [6.45, 7) is 2.87. The number of thiazole rings is 1. The fraction of sp³-hybridized carbons (Fsp3) is 0.150. The minimum absolute atomic E-state index is 0.241. The van der Waals surface area contributed by atoms with E-state index >= 15 is 0 Å². The molecular formula is C20H16BrN3O3S. The highest BCUT2D eigenvalue weighted by Gasteiger charge is 2.24. The molecule has 1 amide bonds. The number of furan rings is 1. The lowest BCUT2D eigenvalue weighted by molar-refractivity contribution is 0.0957. The molecule has 142 valence electrons. The molecular weight excluding hydrogens is 442 g/mol. The third-order valence-corrected chi connectivity index (χ3v) is 5.45. The molecule has 0 atom stereocenters. The maximum atomic E-state index is 13.1. The van der Waals surface area contributed by atoms with Gasteiger partial charge in [0.05, 0.1) is 23.4 Å². The Kier molecular flexibility index (Phi) is 5.40. The number of carbonyl (C=O) groups excluding carboxylic acids is 1. The van der Waals surface area contributed by atoms with Crippen molar-refractivity contribution in [1.82, 2.24) is 9.97 Å². The zero-order valence-electron chi connectivity index (χ0n) is 15.0. The van der Waals surface area contributed by atoms with Gasteiger partial charge in [0.25, 0.3) is 5.91 Å². The maximum Gasteiger partial charge on any atom is 0.296 e. The number of pyridine rings is 1. The Balaban J connectivity index is 1.73. The number of carbonyl (C=O) groups is 1. The van der Waals surface area contributed by atoms with Crippen molar-refractivity contribution in [2.45, 2.75) is 13.5 Å². The Labute approximate surface area is 173 Å². The molecule has 4 aromatic rings. The van der Waals surface area contributed by atoms with Gasteiger partial charge < -0.3 is 9.15 Å². The highest BCUT2D eigenvalue weighted by atomic mass is 79.9. The van der Waals surface area contributed by atoms with Crippen molar-refractivity contribution in [3.05, 3.63) is 70.9 Å². The third kappa shape index (κ3) is 3.93. The summed E-state index contributed by atoms with van der Waals surface area (Å²) >= 11 is 4.68. The highest BCUT2D eigenvalue weighted by molar-refractivity contribution is 9.10. The second-order valence-corrected chi connectivity index (χ2v) is 7.71. The summed E-state index contributed by atoms with van der Waals surface area (Å²) in [5.41, 5.74) is 1.71. The first kappa shape index (κ1) is 18.6. The van der Waals surface area contributed by atoms with Crippen molar-refractivity contribution in [3.8, 4) is 5.75 Å². The Bertz CT molecular complexity index is 1110. The molecule has 0 aliphatic rings. The van der Waals surface area contributed by atoms with Gasteiger partial charge in [0.1, 0.15) is 5.75 Å². The molecule has 0 radical (unpaired) electrons. The summed E-state index contributed by atoms with van der Waals surface area (Å²) in [7, 11) is 0. The molecule has 0 bridgehead atoms. The Morgan fingerprint density at radius 3 is 2.89 bits per heavy atom. The van der Waals surface area contributed by atoms with Gasteiger partial charge in [-0.2, -0.15) is 0 Å². The van der Waals surface area contributed by atoms with Crippen LogP contribution in [0, 0.1) is 0 Å². The number of amides is 1. The van der Waals surface area contributed by atoms with Crippen molar-refractivity contribution < 1.29 is 13.9 Å². The second kappa shape index (κ2) is 8.12. The van der Waals surface area contributed by atoms with Gasteiger partial charge in [-0.25, -0.2) is 4.98 Å². The van der Waals surface area contributed by atoms with E-state index in [1.165, 1.54) is 11.3 Å². The number of rotatable bonds is 6. The predicted molar refractivity (Wildman–Crippen MR) is 112 cm³/mol. The van der Waals surface area contributed by atoms with Gasteiger partial charge in [0.15, 0.2) is 15.6 Å². The lowest BCUT2D eigenvalue weighted by Gasteiger charge is -2.18. The quantitative estimate of drug-likeness (QED) is 0.393. The van der Waals surface area contributed by atoms with Crippen LogP contribution in [0.4, 0.5) is 5.13 Å². The number of nitrogens with zero attached hydrogens (tertiary/aromatic N) is 3. The van der Waals surface area contributed by atoms with Crippen molar-refractivity contribution in [1.29, 1.82) is 0 Å². The van der Waals surface area contributed by atoms with Crippen LogP contribution in [0.3, 0.4) is 0 Å². The fourth-order valence-corrected chi connectivity index (χ4v) is 4.03. The first-order valence-electron chi connectivity index (χ1n) is 8.63. The van der Waals surface area contributed by atoms with E-state index in [2.05, 4.69) is 25.9 Å². The number of hydrogen-bond acceptors (Lipinski definition) is 6. The number of benzene rings is 1. The SMILES string of the molecule is CCOc1ccc2nc(N(Cc3cccnc3)C(=O)c3ccc(Br)o3)sc2c1. The standard InChI is InChI=1S/C20H16BrN3O3S/c1-2-26-14-5-6-15-17(10-14)28-20(23-15)24(12-13-4-3-9-22-11-13)19(25)16-7-8-18(21)27-16/h3-11H,2,12H2,1H3. The Morgan fingerprint density at radius 2 is 2.18 bits per heavy atom. The van der Waals surface area contributed by atoms with E-state index in [0.29, 0.717) is 23.0 Å². The third-order valence-electron chi connectivity index (χ3n) is 3.98.